The summed E-state index contributed by atoms with van der Waals surface area (Å²) in [6.07, 6.45) is -0.567. The monoisotopic (exact) mass is 311 g/mol. The van der Waals surface area contributed by atoms with Crippen molar-refractivity contribution < 1.29 is 10.0 Å². The number of hydrogen-bond acceptors (Lipinski definition) is 4. The van der Waals surface area contributed by atoms with Crippen LogP contribution in [0, 0.1) is 0 Å². The standard InChI is InChI=1S/C13H17N3O2S2/c1-13(2)10(16(18)11(17)14-3)15(12(19)20-13)9-7-5-4-6-8-9/h4-8,10,18H,1-3H3,(H,14,17)/t10-/m1/s1. The van der Waals surface area contributed by atoms with E-state index in [0.29, 0.717) is 9.38 Å². The average molecular weight is 311 g/mol. The Kier molecular flexibility index (Phi) is 4.22. The largest absolute Gasteiger partial charge is 0.342 e. The molecule has 1 heterocycles. The number of para-hydroxylation sites is 1. The Labute approximate surface area is 127 Å². The Morgan fingerprint density at radius 3 is 2.60 bits per heavy atom. The lowest BCUT2D eigenvalue weighted by atomic mass is 10.1. The molecule has 0 unspecified atom stereocenters. The van der Waals surface area contributed by atoms with Crippen LogP contribution in [0.4, 0.5) is 10.5 Å². The molecule has 0 saturated carbocycles. The van der Waals surface area contributed by atoms with E-state index < -0.39 is 16.9 Å². The fourth-order valence-electron chi connectivity index (χ4n) is 2.20. The van der Waals surface area contributed by atoms with Crippen LogP contribution in [0.2, 0.25) is 0 Å². The average Bonchev–Trinajstić information content (AvgIpc) is 2.67. The maximum absolute atomic E-state index is 11.8. The van der Waals surface area contributed by atoms with Gasteiger partial charge in [0.2, 0.25) is 0 Å². The van der Waals surface area contributed by atoms with Crippen LogP contribution < -0.4 is 10.2 Å². The Balaban J connectivity index is 2.42. The van der Waals surface area contributed by atoms with Crippen molar-refractivity contribution >= 4 is 40.0 Å². The molecule has 0 aromatic heterocycles. The van der Waals surface area contributed by atoms with Crippen molar-refractivity contribution in [1.29, 1.82) is 0 Å². The molecule has 0 spiro atoms. The number of nitrogens with one attached hydrogen (secondary N) is 1. The Hall–Kier alpha value is -1.31. The molecule has 1 atom stereocenters. The smallest absolute Gasteiger partial charge is 0.339 e. The van der Waals surface area contributed by atoms with E-state index in [1.807, 2.05) is 44.2 Å². The summed E-state index contributed by atoms with van der Waals surface area (Å²) in [6, 6.07) is 8.94. The highest BCUT2D eigenvalue weighted by Crippen LogP contribution is 2.44. The van der Waals surface area contributed by atoms with E-state index in [0.717, 1.165) is 5.69 Å². The fraction of sp³-hybridized carbons (Fsp3) is 0.385. The van der Waals surface area contributed by atoms with Crippen molar-refractivity contribution in [2.45, 2.75) is 24.8 Å². The van der Waals surface area contributed by atoms with E-state index in [1.54, 1.807) is 4.90 Å². The number of anilines is 1. The molecular formula is C13H17N3O2S2. The second-order valence-electron chi connectivity index (χ2n) is 4.95. The van der Waals surface area contributed by atoms with Gasteiger partial charge in [-0.15, -0.1) is 0 Å². The number of nitrogens with zero attached hydrogens (tertiary/aromatic N) is 2. The van der Waals surface area contributed by atoms with Crippen LogP contribution in [-0.4, -0.2) is 38.6 Å². The summed E-state index contributed by atoms with van der Waals surface area (Å²) in [5.74, 6) is 0. The lowest BCUT2D eigenvalue weighted by Crippen LogP contribution is -2.56. The quantitative estimate of drug-likeness (QED) is 0.499. The van der Waals surface area contributed by atoms with Crippen molar-refractivity contribution in [2.75, 3.05) is 11.9 Å². The van der Waals surface area contributed by atoms with Gasteiger partial charge in [0.25, 0.3) is 0 Å². The minimum atomic E-state index is -0.567. The van der Waals surface area contributed by atoms with Crippen LogP contribution >= 0.6 is 24.0 Å². The number of carbonyl (C=O) groups is 1. The van der Waals surface area contributed by atoms with E-state index >= 15 is 0 Å². The third kappa shape index (κ3) is 2.61. The first-order valence-corrected chi connectivity index (χ1v) is 7.38. The predicted molar refractivity (Wildman–Crippen MR) is 85.1 cm³/mol. The minimum absolute atomic E-state index is 0.422. The van der Waals surface area contributed by atoms with Gasteiger partial charge < -0.3 is 10.2 Å². The maximum atomic E-state index is 11.8. The molecule has 0 aliphatic carbocycles. The Morgan fingerprint density at radius 1 is 1.45 bits per heavy atom. The van der Waals surface area contributed by atoms with Gasteiger partial charge in [-0.05, 0) is 26.0 Å². The number of urea groups is 1. The summed E-state index contributed by atoms with van der Waals surface area (Å²) in [5.41, 5.74) is 0.850. The zero-order valence-corrected chi connectivity index (χ0v) is 13.2. The van der Waals surface area contributed by atoms with Gasteiger partial charge in [-0.3, -0.25) is 5.21 Å². The summed E-state index contributed by atoms with van der Waals surface area (Å²) in [6.45, 7) is 3.90. The maximum Gasteiger partial charge on any atom is 0.342 e. The number of thioether (sulfide) groups is 1. The van der Waals surface area contributed by atoms with Crippen LogP contribution in [-0.2, 0) is 0 Å². The number of hydroxylamine groups is 2. The zero-order valence-electron chi connectivity index (χ0n) is 11.5. The van der Waals surface area contributed by atoms with E-state index in [1.165, 1.54) is 18.8 Å². The third-order valence-electron chi connectivity index (χ3n) is 3.10. The van der Waals surface area contributed by atoms with Crippen molar-refractivity contribution in [2.24, 2.45) is 0 Å². The summed E-state index contributed by atoms with van der Waals surface area (Å²) in [4.78, 5) is 13.6. The first-order chi connectivity index (χ1) is 9.38. The van der Waals surface area contributed by atoms with Gasteiger partial charge in [0.05, 0.1) is 4.75 Å². The number of thiocarbonyl (C=S) groups is 1. The molecule has 1 aromatic carbocycles. The molecule has 0 radical (unpaired) electrons. The van der Waals surface area contributed by atoms with E-state index in [-0.39, 0.29) is 0 Å². The van der Waals surface area contributed by atoms with Gasteiger partial charge in [-0.2, -0.15) is 5.06 Å². The number of carbonyl (C=O) groups excluding carboxylic acids is 1. The Morgan fingerprint density at radius 2 is 2.05 bits per heavy atom. The van der Waals surface area contributed by atoms with Crippen molar-refractivity contribution in [3.63, 3.8) is 0 Å². The first-order valence-electron chi connectivity index (χ1n) is 6.15. The fourth-order valence-corrected chi connectivity index (χ4v) is 4.12. The normalized spacial score (nSPS) is 20.9. The number of benzene rings is 1. The van der Waals surface area contributed by atoms with Crippen molar-refractivity contribution in [1.82, 2.24) is 10.4 Å². The van der Waals surface area contributed by atoms with E-state index in [4.69, 9.17) is 12.2 Å². The van der Waals surface area contributed by atoms with Gasteiger partial charge in [0, 0.05) is 12.7 Å². The van der Waals surface area contributed by atoms with Crippen LogP contribution in [0.3, 0.4) is 0 Å². The summed E-state index contributed by atoms with van der Waals surface area (Å²) in [7, 11) is 1.48. The molecule has 2 rings (SSSR count). The molecule has 1 aliphatic heterocycles. The van der Waals surface area contributed by atoms with Crippen LogP contribution in [0.25, 0.3) is 0 Å². The second kappa shape index (κ2) is 5.59. The highest BCUT2D eigenvalue weighted by atomic mass is 32.2. The summed E-state index contributed by atoms with van der Waals surface area (Å²) >= 11 is 6.88. The molecule has 5 nitrogen and oxygen atoms in total. The van der Waals surface area contributed by atoms with Crippen molar-refractivity contribution in [3.8, 4) is 0 Å². The highest BCUT2D eigenvalue weighted by Gasteiger charge is 2.49. The molecule has 108 valence electrons. The van der Waals surface area contributed by atoms with Gasteiger partial charge in [-0.1, -0.05) is 42.2 Å². The first kappa shape index (κ1) is 15.1. The number of rotatable bonds is 2. The van der Waals surface area contributed by atoms with Gasteiger partial charge in [0.15, 0.2) is 6.17 Å². The number of hydrogen-bond donors (Lipinski definition) is 2. The molecular weight excluding hydrogens is 294 g/mol. The number of amides is 2. The molecule has 2 N–H and O–H groups in total. The van der Waals surface area contributed by atoms with Crippen molar-refractivity contribution in [3.05, 3.63) is 30.3 Å². The third-order valence-corrected chi connectivity index (χ3v) is 4.66. The minimum Gasteiger partial charge on any atom is -0.339 e. The topological polar surface area (TPSA) is 55.8 Å². The second-order valence-corrected chi connectivity index (χ2v) is 7.24. The zero-order chi connectivity index (χ0) is 14.9. The molecule has 1 fully saturated rings. The van der Waals surface area contributed by atoms with E-state index in [9.17, 15) is 10.0 Å². The van der Waals surface area contributed by atoms with Gasteiger partial charge >= 0.3 is 6.03 Å². The highest BCUT2D eigenvalue weighted by molar-refractivity contribution is 8.24. The van der Waals surface area contributed by atoms with Gasteiger partial charge in [0.1, 0.15) is 4.32 Å². The van der Waals surface area contributed by atoms with Crippen LogP contribution in [0.15, 0.2) is 30.3 Å². The predicted octanol–water partition coefficient (Wildman–Crippen LogP) is 2.66. The molecule has 1 aliphatic rings. The summed E-state index contributed by atoms with van der Waals surface area (Å²) in [5, 5.41) is 13.3. The molecule has 1 saturated heterocycles. The molecule has 2 amide bonds. The summed E-state index contributed by atoms with van der Waals surface area (Å²) < 4.78 is 0.211. The van der Waals surface area contributed by atoms with Crippen LogP contribution in [0.1, 0.15) is 13.8 Å². The lowest BCUT2D eigenvalue weighted by molar-refractivity contribution is -0.0807. The Bertz CT molecular complexity index is 522. The van der Waals surface area contributed by atoms with Gasteiger partial charge in [-0.25, -0.2) is 4.79 Å². The molecule has 20 heavy (non-hydrogen) atoms. The molecule has 7 heteroatoms. The lowest BCUT2D eigenvalue weighted by Gasteiger charge is -2.36. The van der Waals surface area contributed by atoms with Crippen LogP contribution in [0.5, 0.6) is 0 Å². The molecule has 1 aromatic rings. The molecule has 0 bridgehead atoms. The SMILES string of the molecule is CNC(=O)N(O)[C@H]1N(c2ccccc2)C(=S)SC1(C)C. The van der Waals surface area contributed by atoms with E-state index in [2.05, 4.69) is 5.32 Å².